The fraction of sp³-hybridized carbons (Fsp3) is 0.100. The summed E-state index contributed by atoms with van der Waals surface area (Å²) < 4.78 is 22.6. The highest BCUT2D eigenvalue weighted by molar-refractivity contribution is 7.93. The highest BCUT2D eigenvalue weighted by atomic mass is 32.2. The fourth-order valence-electron chi connectivity index (χ4n) is 0.986. The first-order valence-electron chi connectivity index (χ1n) is 3.95. The Kier molecular flexibility index (Phi) is 3.59. The van der Waals surface area contributed by atoms with Crippen LogP contribution in [-0.4, -0.2) is 14.7 Å². The van der Waals surface area contributed by atoms with E-state index in [9.17, 15) is 13.2 Å². The third kappa shape index (κ3) is 3.53. The van der Waals surface area contributed by atoms with Gasteiger partial charge in [0.25, 0.3) is 0 Å². The summed E-state index contributed by atoms with van der Waals surface area (Å²) in [6.45, 7) is 0. The molecular weight excluding hydrogens is 200 g/mol. The van der Waals surface area contributed by atoms with Gasteiger partial charge in [0.2, 0.25) is 6.29 Å². The Morgan fingerprint density at radius 2 is 1.86 bits per heavy atom. The first-order chi connectivity index (χ1) is 6.64. The Balaban J connectivity index is 2.79. The molecule has 14 heavy (non-hydrogen) atoms. The van der Waals surface area contributed by atoms with Gasteiger partial charge in [-0.2, -0.15) is 0 Å². The lowest BCUT2D eigenvalue weighted by Gasteiger charge is -1.97. The minimum atomic E-state index is -3.34. The fourth-order valence-corrected chi connectivity index (χ4v) is 2.00. The molecule has 1 rings (SSSR count). The zero-order chi connectivity index (χ0) is 10.4. The van der Waals surface area contributed by atoms with Gasteiger partial charge in [0.1, 0.15) is 0 Å². The molecule has 0 aliphatic heterocycles. The van der Waals surface area contributed by atoms with E-state index in [0.29, 0.717) is 5.56 Å². The van der Waals surface area contributed by atoms with E-state index in [1.165, 1.54) is 6.29 Å². The molecule has 0 saturated carbocycles. The molecule has 0 unspecified atom stereocenters. The maximum absolute atomic E-state index is 11.3. The molecule has 0 aromatic heterocycles. The summed E-state index contributed by atoms with van der Waals surface area (Å²) in [5, 5.41) is 0.868. The Labute approximate surface area is 83.0 Å². The van der Waals surface area contributed by atoms with Crippen LogP contribution >= 0.6 is 0 Å². The van der Waals surface area contributed by atoms with E-state index in [0.717, 1.165) is 11.5 Å². The second-order valence-corrected chi connectivity index (χ2v) is 4.60. The second kappa shape index (κ2) is 4.72. The quantitative estimate of drug-likeness (QED) is 0.701. The molecule has 0 fully saturated rings. The molecular formula is C10H9O3S. The molecule has 0 amide bonds. The van der Waals surface area contributed by atoms with E-state index >= 15 is 0 Å². The summed E-state index contributed by atoms with van der Waals surface area (Å²) in [6.07, 6.45) is 2.26. The average molecular weight is 209 g/mol. The first kappa shape index (κ1) is 10.7. The molecule has 1 aromatic carbocycles. The molecule has 4 heteroatoms. The molecule has 0 spiro atoms. The predicted molar refractivity (Wildman–Crippen MR) is 53.9 cm³/mol. The van der Waals surface area contributed by atoms with Gasteiger partial charge in [-0.05, 0) is 5.56 Å². The van der Waals surface area contributed by atoms with Crippen molar-refractivity contribution in [2.75, 3.05) is 0 Å². The van der Waals surface area contributed by atoms with E-state index < -0.39 is 9.84 Å². The number of sulfone groups is 1. The van der Waals surface area contributed by atoms with Crippen molar-refractivity contribution in [3.05, 3.63) is 47.4 Å². The molecule has 3 nitrogen and oxygen atoms in total. The zero-order valence-corrected chi connectivity index (χ0v) is 8.20. The molecule has 0 saturated heterocycles. The van der Waals surface area contributed by atoms with Gasteiger partial charge in [-0.1, -0.05) is 30.3 Å². The lowest BCUT2D eigenvalue weighted by molar-refractivity contribution is 0.564. The van der Waals surface area contributed by atoms with Crippen molar-refractivity contribution in [3.63, 3.8) is 0 Å². The number of hydrogen-bond acceptors (Lipinski definition) is 3. The number of carbonyl (C=O) groups excluding carboxylic acids is 1. The largest absolute Gasteiger partial charge is 0.286 e. The van der Waals surface area contributed by atoms with E-state index in [1.807, 2.05) is 6.07 Å². The molecule has 0 heterocycles. The SMILES string of the molecule is O=[C]/C=C/S(=O)(=O)Cc1ccccc1. The molecule has 0 aliphatic carbocycles. The summed E-state index contributed by atoms with van der Waals surface area (Å²) in [5.41, 5.74) is 0.697. The van der Waals surface area contributed by atoms with Crippen molar-refractivity contribution in [1.82, 2.24) is 0 Å². The zero-order valence-electron chi connectivity index (χ0n) is 7.38. The lowest BCUT2D eigenvalue weighted by atomic mass is 10.2. The van der Waals surface area contributed by atoms with Crippen LogP contribution in [0.4, 0.5) is 0 Å². The van der Waals surface area contributed by atoms with Crippen molar-refractivity contribution in [2.24, 2.45) is 0 Å². The van der Waals surface area contributed by atoms with Crippen LogP contribution in [0.25, 0.3) is 0 Å². The van der Waals surface area contributed by atoms with Crippen LogP contribution in [0, 0.1) is 0 Å². The smallest absolute Gasteiger partial charge is 0.226 e. The number of hydrogen-bond donors (Lipinski definition) is 0. The molecule has 0 atom stereocenters. The van der Waals surface area contributed by atoms with Crippen LogP contribution < -0.4 is 0 Å². The van der Waals surface area contributed by atoms with Gasteiger partial charge in [0.05, 0.1) is 5.75 Å². The molecule has 0 N–H and O–H groups in total. The lowest BCUT2D eigenvalue weighted by Crippen LogP contribution is -1.99. The number of rotatable bonds is 4. The Morgan fingerprint density at radius 1 is 1.21 bits per heavy atom. The number of allylic oxidation sites excluding steroid dienone is 1. The van der Waals surface area contributed by atoms with Gasteiger partial charge in [-0.15, -0.1) is 0 Å². The Hall–Kier alpha value is -1.42. The van der Waals surface area contributed by atoms with Crippen molar-refractivity contribution in [2.45, 2.75) is 5.75 Å². The van der Waals surface area contributed by atoms with Gasteiger partial charge < -0.3 is 0 Å². The van der Waals surface area contributed by atoms with E-state index in [-0.39, 0.29) is 5.75 Å². The highest BCUT2D eigenvalue weighted by Crippen LogP contribution is 2.06. The Morgan fingerprint density at radius 3 is 2.43 bits per heavy atom. The van der Waals surface area contributed by atoms with Crippen LogP contribution in [0.15, 0.2) is 41.8 Å². The normalized spacial score (nSPS) is 11.7. The molecule has 0 aliphatic rings. The van der Waals surface area contributed by atoms with Gasteiger partial charge in [-0.25, -0.2) is 8.42 Å². The monoisotopic (exact) mass is 209 g/mol. The number of benzene rings is 1. The summed E-state index contributed by atoms with van der Waals surface area (Å²) in [5.74, 6) is -0.0913. The highest BCUT2D eigenvalue weighted by Gasteiger charge is 2.06. The predicted octanol–water partition coefficient (Wildman–Crippen LogP) is 1.22. The topological polar surface area (TPSA) is 51.2 Å². The summed E-state index contributed by atoms with van der Waals surface area (Å²) in [6, 6.07) is 8.78. The standard InChI is InChI=1S/C10H9O3S/c11-7-4-8-14(12,13)9-10-5-2-1-3-6-10/h1-6,8H,9H2/b8-4+. The van der Waals surface area contributed by atoms with Crippen LogP contribution in [0.3, 0.4) is 0 Å². The maximum atomic E-state index is 11.3. The van der Waals surface area contributed by atoms with Crippen LogP contribution in [-0.2, 0) is 20.4 Å². The van der Waals surface area contributed by atoms with Crippen molar-refractivity contribution >= 4 is 16.1 Å². The third-order valence-corrected chi connectivity index (χ3v) is 2.84. The molecule has 0 bridgehead atoms. The van der Waals surface area contributed by atoms with Gasteiger partial charge >= 0.3 is 0 Å². The van der Waals surface area contributed by atoms with Crippen molar-refractivity contribution in [1.29, 1.82) is 0 Å². The molecule has 1 radical (unpaired) electrons. The van der Waals surface area contributed by atoms with Crippen LogP contribution in [0.5, 0.6) is 0 Å². The summed E-state index contributed by atoms with van der Waals surface area (Å²) in [4.78, 5) is 9.83. The van der Waals surface area contributed by atoms with E-state index in [4.69, 9.17) is 0 Å². The van der Waals surface area contributed by atoms with Crippen molar-refractivity contribution < 1.29 is 13.2 Å². The minimum Gasteiger partial charge on any atom is -0.286 e. The Bertz CT molecular complexity index is 418. The maximum Gasteiger partial charge on any atom is 0.226 e. The third-order valence-electron chi connectivity index (χ3n) is 1.55. The summed E-state index contributed by atoms with van der Waals surface area (Å²) in [7, 11) is -3.34. The van der Waals surface area contributed by atoms with Crippen LogP contribution in [0.2, 0.25) is 0 Å². The second-order valence-electron chi connectivity index (χ2n) is 2.71. The minimum absolute atomic E-state index is 0.0913. The van der Waals surface area contributed by atoms with Crippen LogP contribution in [0.1, 0.15) is 5.56 Å². The van der Waals surface area contributed by atoms with Gasteiger partial charge in [0.15, 0.2) is 9.84 Å². The van der Waals surface area contributed by atoms with Crippen molar-refractivity contribution in [3.8, 4) is 0 Å². The van der Waals surface area contributed by atoms with E-state index in [1.54, 1.807) is 24.3 Å². The summed E-state index contributed by atoms with van der Waals surface area (Å²) >= 11 is 0. The first-order valence-corrected chi connectivity index (χ1v) is 5.66. The average Bonchev–Trinajstić information content (AvgIpc) is 2.16. The van der Waals surface area contributed by atoms with E-state index in [2.05, 4.69) is 0 Å². The van der Waals surface area contributed by atoms with Gasteiger partial charge in [0, 0.05) is 11.5 Å². The molecule has 73 valence electrons. The van der Waals surface area contributed by atoms with Gasteiger partial charge in [-0.3, -0.25) is 4.79 Å². The molecule has 1 aromatic rings.